The van der Waals surface area contributed by atoms with E-state index in [1.807, 2.05) is 11.9 Å². The van der Waals surface area contributed by atoms with Gasteiger partial charge in [0, 0.05) is 25.3 Å². The Bertz CT molecular complexity index is 871. The minimum absolute atomic E-state index is 0.0680. The summed E-state index contributed by atoms with van der Waals surface area (Å²) in [5, 5.41) is 0. The van der Waals surface area contributed by atoms with E-state index in [1.165, 1.54) is 7.11 Å². The van der Waals surface area contributed by atoms with Crippen molar-refractivity contribution in [3.8, 4) is 0 Å². The standard InChI is InChI=1S/C17H19Br2N3O7/c1-21-8-5-22-10-9(7(6-27-14(20)25)15(22,26-2)11(8)21)12(23)17(28-3-4-29-17)16(18,19)13(10)24/h7-8,11H,3-6H2,1-2H3,(H2,20,25)/t7-,8+,11+,15-,21?/m1/s1. The lowest BCUT2D eigenvalue weighted by Crippen LogP contribution is -2.62. The van der Waals surface area contributed by atoms with Gasteiger partial charge in [0.2, 0.25) is 14.8 Å². The topological polar surface area (TPSA) is 120 Å². The minimum Gasteiger partial charge on any atom is -0.449 e. The van der Waals surface area contributed by atoms with Crippen molar-refractivity contribution in [2.45, 2.75) is 26.8 Å². The second-order valence-electron chi connectivity index (χ2n) is 7.74. The van der Waals surface area contributed by atoms with E-state index < -0.39 is 38.3 Å². The summed E-state index contributed by atoms with van der Waals surface area (Å²) in [7, 11) is 3.48. The van der Waals surface area contributed by atoms with Gasteiger partial charge in [0.1, 0.15) is 6.61 Å². The highest BCUT2D eigenvalue weighted by Gasteiger charge is 2.79. The van der Waals surface area contributed by atoms with E-state index in [2.05, 4.69) is 36.8 Å². The number of hydrogen-bond acceptors (Lipinski definition) is 9. The third-order valence-corrected chi connectivity index (χ3v) is 8.46. The zero-order valence-corrected chi connectivity index (χ0v) is 18.8. The van der Waals surface area contributed by atoms with Crippen LogP contribution in [0.5, 0.6) is 0 Å². The number of piperazine rings is 1. The molecule has 0 aromatic heterocycles. The molecule has 0 bridgehead atoms. The van der Waals surface area contributed by atoms with Crippen molar-refractivity contribution in [1.29, 1.82) is 0 Å². The van der Waals surface area contributed by atoms with Crippen LogP contribution in [-0.4, -0.2) is 94.8 Å². The quantitative estimate of drug-likeness (QED) is 0.382. The van der Waals surface area contributed by atoms with Crippen LogP contribution in [0.25, 0.3) is 0 Å². The monoisotopic (exact) mass is 535 g/mol. The molecule has 2 N–H and O–H groups in total. The van der Waals surface area contributed by atoms with Gasteiger partial charge in [-0.1, -0.05) is 31.9 Å². The van der Waals surface area contributed by atoms with Gasteiger partial charge in [-0.3, -0.25) is 14.5 Å². The molecule has 158 valence electrons. The van der Waals surface area contributed by atoms with Crippen LogP contribution in [0.3, 0.4) is 0 Å². The first-order valence-electron chi connectivity index (χ1n) is 9.11. The van der Waals surface area contributed by atoms with Crippen LogP contribution in [0, 0.1) is 5.92 Å². The first-order chi connectivity index (χ1) is 13.6. The van der Waals surface area contributed by atoms with Crippen LogP contribution in [0.1, 0.15) is 0 Å². The molecule has 3 fully saturated rings. The molecule has 3 saturated heterocycles. The van der Waals surface area contributed by atoms with Crippen LogP contribution in [0.2, 0.25) is 0 Å². The molecular formula is C17H19Br2N3O7. The zero-order chi connectivity index (χ0) is 20.9. The average Bonchev–Trinajstić information content (AvgIpc) is 3.07. The molecule has 1 unspecified atom stereocenters. The average molecular weight is 537 g/mol. The highest BCUT2D eigenvalue weighted by molar-refractivity contribution is 9.26. The number of ketones is 2. The Kier molecular flexibility index (Phi) is 4.12. The molecule has 1 spiro atoms. The minimum atomic E-state index is -1.85. The molecule has 0 aromatic carbocycles. The number of fused-ring (bicyclic) bond motifs is 4. The smallest absolute Gasteiger partial charge is 0.404 e. The number of hydrogen-bond donors (Lipinski definition) is 1. The largest absolute Gasteiger partial charge is 0.449 e. The van der Waals surface area contributed by atoms with Crippen LogP contribution in [-0.2, 0) is 28.5 Å². The van der Waals surface area contributed by atoms with Crippen molar-refractivity contribution >= 4 is 49.5 Å². The molecule has 1 amide bonds. The first-order valence-corrected chi connectivity index (χ1v) is 10.7. The molecule has 10 nitrogen and oxygen atoms in total. The van der Waals surface area contributed by atoms with Crippen molar-refractivity contribution in [2.24, 2.45) is 11.7 Å². The van der Waals surface area contributed by atoms with E-state index in [1.54, 1.807) is 0 Å². The predicted molar refractivity (Wildman–Crippen MR) is 103 cm³/mol. The number of likely N-dealkylation sites (N-methyl/N-ethyl adjacent to an activating group) is 1. The number of carbonyl (C=O) groups is 3. The Labute approximate surface area is 182 Å². The summed E-state index contributed by atoms with van der Waals surface area (Å²) in [5.74, 6) is -3.48. The van der Waals surface area contributed by atoms with E-state index in [0.717, 1.165) is 0 Å². The number of amides is 1. The van der Waals surface area contributed by atoms with Gasteiger partial charge in [0.25, 0.3) is 5.79 Å². The molecule has 0 radical (unpaired) electrons. The van der Waals surface area contributed by atoms with E-state index >= 15 is 0 Å². The molecular weight excluding hydrogens is 518 g/mol. The van der Waals surface area contributed by atoms with E-state index in [-0.39, 0.29) is 43.2 Å². The molecule has 5 atom stereocenters. The second-order valence-corrected chi connectivity index (χ2v) is 11.2. The van der Waals surface area contributed by atoms with Gasteiger partial charge >= 0.3 is 6.09 Å². The summed E-state index contributed by atoms with van der Waals surface area (Å²) in [6.07, 6.45) is -0.969. The molecule has 0 saturated carbocycles. The molecule has 1 aliphatic carbocycles. The van der Waals surface area contributed by atoms with Crippen molar-refractivity contribution in [3.63, 3.8) is 0 Å². The van der Waals surface area contributed by atoms with Gasteiger partial charge < -0.3 is 29.6 Å². The van der Waals surface area contributed by atoms with Crippen molar-refractivity contribution in [2.75, 3.05) is 40.5 Å². The Balaban J connectivity index is 1.69. The van der Waals surface area contributed by atoms with Crippen LogP contribution in [0.15, 0.2) is 11.3 Å². The maximum atomic E-state index is 13.8. The first kappa shape index (κ1) is 19.9. The van der Waals surface area contributed by atoms with Crippen molar-refractivity contribution in [3.05, 3.63) is 11.3 Å². The molecule has 5 rings (SSSR count). The number of rotatable bonds is 3. The highest BCUT2D eigenvalue weighted by atomic mass is 79.9. The third kappa shape index (κ3) is 2.12. The van der Waals surface area contributed by atoms with Gasteiger partial charge in [-0.25, -0.2) is 4.79 Å². The summed E-state index contributed by atoms with van der Waals surface area (Å²) < 4.78 is 20.9. The van der Waals surface area contributed by atoms with Gasteiger partial charge in [-0.2, -0.15) is 0 Å². The lowest BCUT2D eigenvalue weighted by Gasteiger charge is -2.42. The van der Waals surface area contributed by atoms with Gasteiger partial charge in [-0.15, -0.1) is 0 Å². The Hall–Kier alpha value is -1.05. The summed E-state index contributed by atoms with van der Waals surface area (Å²) in [4.78, 5) is 42.7. The number of ether oxygens (including phenoxy) is 4. The fourth-order valence-electron chi connectivity index (χ4n) is 5.46. The van der Waals surface area contributed by atoms with Crippen LogP contribution < -0.4 is 5.73 Å². The summed E-state index contributed by atoms with van der Waals surface area (Å²) in [6, 6.07) is 0.0968. The number of carbonyl (C=O) groups excluding carboxylic acids is 3. The molecule has 0 aromatic rings. The Morgan fingerprint density at radius 3 is 2.52 bits per heavy atom. The number of alkyl halides is 2. The molecule has 4 aliphatic heterocycles. The number of methoxy groups -OCH3 is 1. The third-order valence-electron chi connectivity index (χ3n) is 6.70. The van der Waals surface area contributed by atoms with Crippen molar-refractivity contribution < 1.29 is 33.3 Å². The van der Waals surface area contributed by atoms with E-state index in [4.69, 9.17) is 24.7 Å². The maximum Gasteiger partial charge on any atom is 0.404 e. The second kappa shape index (κ2) is 6.01. The van der Waals surface area contributed by atoms with E-state index in [9.17, 15) is 14.4 Å². The molecule has 12 heteroatoms. The Morgan fingerprint density at radius 2 is 1.93 bits per heavy atom. The number of primary amides is 1. The lowest BCUT2D eigenvalue weighted by molar-refractivity contribution is -0.182. The van der Waals surface area contributed by atoms with Crippen LogP contribution >= 0.6 is 31.9 Å². The summed E-state index contributed by atoms with van der Waals surface area (Å²) >= 11 is 6.71. The molecule has 4 heterocycles. The molecule has 29 heavy (non-hydrogen) atoms. The lowest BCUT2D eigenvalue weighted by atomic mass is 9.80. The van der Waals surface area contributed by atoms with Gasteiger partial charge in [-0.05, 0) is 7.05 Å². The summed E-state index contributed by atoms with van der Waals surface area (Å²) in [6.45, 7) is 0.623. The summed E-state index contributed by atoms with van der Waals surface area (Å²) in [5.41, 5.74) is 4.58. The van der Waals surface area contributed by atoms with Gasteiger partial charge in [0.15, 0.2) is 5.72 Å². The SMILES string of the molecule is CO[C@@]12[C@H](COC(N)=O)C3=C(C(=O)C(Br)(Br)C4(OCCO4)C3=O)N1C[C@H]1[C@@H]2N1C. The van der Waals surface area contributed by atoms with Crippen LogP contribution in [0.4, 0.5) is 4.79 Å². The normalized spacial score (nSPS) is 40.9. The molecule has 5 aliphatic rings. The fourth-order valence-corrected chi connectivity index (χ4v) is 6.65. The van der Waals surface area contributed by atoms with Crippen molar-refractivity contribution in [1.82, 2.24) is 9.80 Å². The number of Topliss-reactive ketones (excluding diaryl/α,β-unsaturated/α-hetero) is 2. The van der Waals surface area contributed by atoms with E-state index in [0.29, 0.717) is 6.54 Å². The number of nitrogens with zero attached hydrogens (tertiary/aromatic N) is 2. The predicted octanol–water partition coefficient (Wildman–Crippen LogP) is -0.312. The zero-order valence-electron chi connectivity index (χ0n) is 15.6. The maximum absolute atomic E-state index is 13.8. The number of allylic oxidation sites excluding steroid dienone is 1. The van der Waals surface area contributed by atoms with Gasteiger partial charge in [0.05, 0.1) is 30.9 Å². The number of nitrogens with two attached hydrogens (primary N) is 1. The number of halogens is 2. The highest BCUT2D eigenvalue weighted by Crippen LogP contribution is 2.63. The fraction of sp³-hybridized carbons (Fsp3) is 0.706. The Morgan fingerprint density at radius 1 is 1.28 bits per heavy atom.